The molecule has 2 N–H and O–H groups in total. The molecule has 0 fully saturated rings. The third-order valence-electron chi connectivity index (χ3n) is 2.50. The molecule has 82 valence electrons. The molecule has 15 heavy (non-hydrogen) atoms. The molecule has 1 aromatic heterocycles. The fourth-order valence-electron chi connectivity index (χ4n) is 1.68. The van der Waals surface area contributed by atoms with Crippen LogP contribution < -0.4 is 5.73 Å². The van der Waals surface area contributed by atoms with Gasteiger partial charge in [0.25, 0.3) is 5.91 Å². The Bertz CT molecular complexity index is 374. The zero-order valence-electron chi connectivity index (χ0n) is 8.64. The summed E-state index contributed by atoms with van der Waals surface area (Å²) in [5.74, 6) is -0.0618. The Morgan fingerprint density at radius 1 is 1.60 bits per heavy atom. The van der Waals surface area contributed by atoms with E-state index in [2.05, 4.69) is 5.10 Å². The van der Waals surface area contributed by atoms with E-state index in [0.29, 0.717) is 37.6 Å². The summed E-state index contributed by atoms with van der Waals surface area (Å²) in [6, 6.07) is 0. The molecule has 1 aliphatic heterocycles. The van der Waals surface area contributed by atoms with Gasteiger partial charge in [0.2, 0.25) is 0 Å². The van der Waals surface area contributed by atoms with Crippen LogP contribution in [0.2, 0.25) is 0 Å². The topological polar surface area (TPSA) is 73.4 Å². The molecule has 0 aromatic carbocycles. The molecule has 1 amide bonds. The number of aromatic nitrogens is 2. The van der Waals surface area contributed by atoms with E-state index in [9.17, 15) is 4.79 Å². The van der Waals surface area contributed by atoms with Crippen LogP contribution in [0.25, 0.3) is 0 Å². The van der Waals surface area contributed by atoms with E-state index < -0.39 is 0 Å². The van der Waals surface area contributed by atoms with Gasteiger partial charge >= 0.3 is 0 Å². The van der Waals surface area contributed by atoms with Crippen LogP contribution in [0.15, 0.2) is 6.20 Å². The smallest absolute Gasteiger partial charge is 0.274 e. The van der Waals surface area contributed by atoms with Crippen molar-refractivity contribution in [3.63, 3.8) is 0 Å². The number of ether oxygens (including phenoxy) is 1. The fourth-order valence-corrected chi connectivity index (χ4v) is 1.68. The van der Waals surface area contributed by atoms with Crippen LogP contribution in [0.4, 0.5) is 5.69 Å². The number of nitrogens with zero attached hydrogens (tertiary/aromatic N) is 3. The molecule has 0 radical (unpaired) electrons. The van der Waals surface area contributed by atoms with Crippen molar-refractivity contribution < 1.29 is 9.53 Å². The van der Waals surface area contributed by atoms with Crippen molar-refractivity contribution in [3.05, 3.63) is 11.9 Å². The summed E-state index contributed by atoms with van der Waals surface area (Å²) in [5.41, 5.74) is 6.62. The van der Waals surface area contributed by atoms with Crippen LogP contribution in [-0.4, -0.2) is 47.4 Å². The fraction of sp³-hybridized carbons (Fsp3) is 0.556. The maximum Gasteiger partial charge on any atom is 0.274 e. The Hall–Kier alpha value is -1.56. The first-order valence-electron chi connectivity index (χ1n) is 4.83. The minimum absolute atomic E-state index is 0.0618. The number of hydrogen-bond donors (Lipinski definition) is 1. The zero-order valence-corrected chi connectivity index (χ0v) is 8.64. The number of carbonyl (C=O) groups excluding carboxylic acids is 1. The van der Waals surface area contributed by atoms with Gasteiger partial charge in [0.1, 0.15) is 5.69 Å². The minimum atomic E-state index is -0.0618. The van der Waals surface area contributed by atoms with E-state index in [0.717, 1.165) is 0 Å². The minimum Gasteiger partial charge on any atom is -0.396 e. The summed E-state index contributed by atoms with van der Waals surface area (Å²) in [7, 11) is 1.62. The Balaban J connectivity index is 2.17. The van der Waals surface area contributed by atoms with Crippen LogP contribution in [0, 0.1) is 0 Å². The lowest BCUT2D eigenvalue weighted by molar-refractivity contribution is 0.0635. The molecule has 0 saturated heterocycles. The average molecular weight is 210 g/mol. The SMILES string of the molecule is COCCN1CCn2ncc(N)c2C1=O. The van der Waals surface area contributed by atoms with Crippen LogP contribution in [0.5, 0.6) is 0 Å². The first kappa shape index (κ1) is 9.97. The second kappa shape index (κ2) is 3.90. The van der Waals surface area contributed by atoms with Gasteiger partial charge in [-0.1, -0.05) is 0 Å². The van der Waals surface area contributed by atoms with E-state index in [4.69, 9.17) is 10.5 Å². The Labute approximate surface area is 87.6 Å². The van der Waals surface area contributed by atoms with Crippen molar-refractivity contribution in [1.82, 2.24) is 14.7 Å². The Morgan fingerprint density at radius 2 is 2.40 bits per heavy atom. The number of anilines is 1. The van der Waals surface area contributed by atoms with Crippen LogP contribution in [0.1, 0.15) is 10.5 Å². The number of carbonyl (C=O) groups is 1. The van der Waals surface area contributed by atoms with Crippen LogP contribution in [-0.2, 0) is 11.3 Å². The number of methoxy groups -OCH3 is 1. The molecular weight excluding hydrogens is 196 g/mol. The van der Waals surface area contributed by atoms with Crippen LogP contribution in [0.3, 0.4) is 0 Å². The number of rotatable bonds is 3. The summed E-state index contributed by atoms with van der Waals surface area (Å²) in [6.45, 7) is 2.50. The highest BCUT2D eigenvalue weighted by molar-refractivity contribution is 5.97. The van der Waals surface area contributed by atoms with E-state index in [1.54, 1.807) is 16.7 Å². The van der Waals surface area contributed by atoms with Gasteiger partial charge in [-0.2, -0.15) is 5.10 Å². The van der Waals surface area contributed by atoms with E-state index in [1.807, 2.05) is 0 Å². The summed E-state index contributed by atoms with van der Waals surface area (Å²) in [5, 5.41) is 4.03. The highest BCUT2D eigenvalue weighted by Gasteiger charge is 2.27. The molecular formula is C9H14N4O2. The first-order valence-corrected chi connectivity index (χ1v) is 4.83. The quantitative estimate of drug-likeness (QED) is 0.734. The molecule has 1 aromatic rings. The predicted molar refractivity (Wildman–Crippen MR) is 54.4 cm³/mol. The average Bonchev–Trinajstić information content (AvgIpc) is 2.60. The standard InChI is InChI=1S/C9H14N4O2/c1-15-5-4-12-2-3-13-8(9(12)14)7(10)6-11-13/h6H,2-5,10H2,1H3. The van der Waals surface area contributed by atoms with Crippen molar-refractivity contribution in [2.45, 2.75) is 6.54 Å². The molecule has 2 rings (SSSR count). The summed E-state index contributed by atoms with van der Waals surface area (Å²) < 4.78 is 6.60. The molecule has 0 bridgehead atoms. The van der Waals surface area contributed by atoms with Crippen molar-refractivity contribution in [3.8, 4) is 0 Å². The molecule has 6 heteroatoms. The molecule has 0 saturated carbocycles. The lowest BCUT2D eigenvalue weighted by atomic mass is 10.2. The summed E-state index contributed by atoms with van der Waals surface area (Å²) in [4.78, 5) is 13.7. The maximum atomic E-state index is 11.9. The Kier molecular flexibility index (Phi) is 2.59. The largest absolute Gasteiger partial charge is 0.396 e. The molecule has 0 unspecified atom stereocenters. The van der Waals surface area contributed by atoms with Crippen molar-refractivity contribution in [2.75, 3.05) is 32.5 Å². The van der Waals surface area contributed by atoms with Crippen molar-refractivity contribution in [2.24, 2.45) is 0 Å². The second-order valence-corrected chi connectivity index (χ2v) is 3.46. The van der Waals surface area contributed by atoms with Gasteiger partial charge in [-0.25, -0.2) is 0 Å². The normalized spacial score (nSPS) is 15.5. The highest BCUT2D eigenvalue weighted by atomic mass is 16.5. The van der Waals surface area contributed by atoms with E-state index in [-0.39, 0.29) is 5.91 Å². The third kappa shape index (κ3) is 1.68. The van der Waals surface area contributed by atoms with Gasteiger partial charge in [-0.15, -0.1) is 0 Å². The number of nitrogen functional groups attached to an aromatic ring is 1. The predicted octanol–water partition coefficient (Wildman–Crippen LogP) is -0.432. The molecule has 0 atom stereocenters. The number of amides is 1. The highest BCUT2D eigenvalue weighted by Crippen LogP contribution is 2.17. The molecule has 0 spiro atoms. The summed E-state index contributed by atoms with van der Waals surface area (Å²) >= 11 is 0. The zero-order chi connectivity index (χ0) is 10.8. The van der Waals surface area contributed by atoms with E-state index >= 15 is 0 Å². The third-order valence-corrected chi connectivity index (χ3v) is 2.50. The maximum absolute atomic E-state index is 11.9. The molecule has 2 heterocycles. The Morgan fingerprint density at radius 3 is 3.13 bits per heavy atom. The number of fused-ring (bicyclic) bond motifs is 1. The molecule has 0 aliphatic carbocycles. The van der Waals surface area contributed by atoms with Crippen LogP contribution >= 0.6 is 0 Å². The van der Waals surface area contributed by atoms with Gasteiger partial charge in [0.05, 0.1) is 25.0 Å². The van der Waals surface area contributed by atoms with Gasteiger partial charge < -0.3 is 15.4 Å². The first-order chi connectivity index (χ1) is 7.24. The lowest BCUT2D eigenvalue weighted by Crippen LogP contribution is -2.42. The second-order valence-electron chi connectivity index (χ2n) is 3.46. The van der Waals surface area contributed by atoms with Gasteiger partial charge in [0, 0.05) is 20.2 Å². The number of hydrogen-bond acceptors (Lipinski definition) is 4. The monoisotopic (exact) mass is 210 g/mol. The van der Waals surface area contributed by atoms with Gasteiger partial charge in [-0.05, 0) is 0 Å². The molecule has 1 aliphatic rings. The van der Waals surface area contributed by atoms with Gasteiger partial charge in [-0.3, -0.25) is 9.48 Å². The van der Waals surface area contributed by atoms with Crippen molar-refractivity contribution in [1.29, 1.82) is 0 Å². The number of nitrogens with two attached hydrogens (primary N) is 1. The molecule has 6 nitrogen and oxygen atoms in total. The lowest BCUT2D eigenvalue weighted by Gasteiger charge is -2.27. The van der Waals surface area contributed by atoms with Gasteiger partial charge in [0.15, 0.2) is 0 Å². The van der Waals surface area contributed by atoms with E-state index in [1.165, 1.54) is 6.20 Å². The summed E-state index contributed by atoms with van der Waals surface area (Å²) in [6.07, 6.45) is 1.52. The van der Waals surface area contributed by atoms with Crippen molar-refractivity contribution >= 4 is 11.6 Å².